The average molecular weight is 517 g/mol. The lowest BCUT2D eigenvalue weighted by Crippen LogP contribution is -2.66. The van der Waals surface area contributed by atoms with Crippen LogP contribution < -0.4 is 10.4 Å². The Morgan fingerprint density at radius 3 is 1.91 bits per heavy atom. The van der Waals surface area contributed by atoms with Gasteiger partial charge in [-0.1, -0.05) is 101 Å². The number of ether oxygens (including phenoxy) is 1. The molecule has 7 heteroatoms. The van der Waals surface area contributed by atoms with Crippen molar-refractivity contribution in [2.45, 2.75) is 52.5 Å². The van der Waals surface area contributed by atoms with Crippen LogP contribution in [0.4, 0.5) is 0 Å². The van der Waals surface area contributed by atoms with Gasteiger partial charge in [-0.3, -0.25) is 4.18 Å². The molecule has 0 bridgehead atoms. The Hall–Kier alpha value is -1.95. The monoisotopic (exact) mass is 516 g/mol. The van der Waals surface area contributed by atoms with Gasteiger partial charge in [0, 0.05) is 13.2 Å². The van der Waals surface area contributed by atoms with Crippen LogP contribution in [0.25, 0.3) is 0 Å². The standard InChI is InChI=1S/C28H40O5SSi/c1-7-20-31-21-14-23-34(29,30)32-24-28(5,6)19-22-33-35(27(2,3)4,25-15-10-8-11-16-25)26-17-12-9-13-18-26/h1,8-13,15-18H,14,19-24H2,2-6H3. The van der Waals surface area contributed by atoms with Crippen LogP contribution in [0, 0.1) is 17.8 Å². The summed E-state index contributed by atoms with van der Waals surface area (Å²) in [7, 11) is -6.25. The summed E-state index contributed by atoms with van der Waals surface area (Å²) in [6.45, 7) is 11.8. The van der Waals surface area contributed by atoms with Gasteiger partial charge < -0.3 is 9.16 Å². The molecule has 0 aliphatic carbocycles. The Kier molecular flexibility index (Phi) is 10.7. The minimum Gasteiger partial charge on any atom is -0.407 e. The van der Waals surface area contributed by atoms with Crippen molar-refractivity contribution >= 4 is 28.8 Å². The summed E-state index contributed by atoms with van der Waals surface area (Å²) in [4.78, 5) is 0. The molecule has 0 amide bonds. The Morgan fingerprint density at radius 1 is 0.886 bits per heavy atom. The van der Waals surface area contributed by atoms with E-state index in [1.165, 1.54) is 10.4 Å². The lowest BCUT2D eigenvalue weighted by molar-refractivity contribution is 0.142. The van der Waals surface area contributed by atoms with E-state index >= 15 is 0 Å². The summed E-state index contributed by atoms with van der Waals surface area (Å²) < 4.78 is 42.0. The zero-order valence-corrected chi connectivity index (χ0v) is 23.6. The van der Waals surface area contributed by atoms with Crippen LogP contribution in [-0.4, -0.2) is 48.9 Å². The first-order valence-corrected chi connectivity index (χ1v) is 15.6. The summed E-state index contributed by atoms with van der Waals surface area (Å²) in [5, 5.41) is 2.34. The second-order valence-corrected chi connectivity index (χ2v) is 16.6. The van der Waals surface area contributed by atoms with Crippen molar-refractivity contribution in [2.75, 3.05) is 32.2 Å². The molecule has 0 N–H and O–H groups in total. The normalized spacial score (nSPS) is 12.9. The topological polar surface area (TPSA) is 61.8 Å². The van der Waals surface area contributed by atoms with Crippen molar-refractivity contribution < 1.29 is 21.8 Å². The number of rotatable bonds is 14. The van der Waals surface area contributed by atoms with E-state index in [-0.39, 0.29) is 29.4 Å². The summed E-state index contributed by atoms with van der Waals surface area (Å²) in [6.07, 6.45) is 6.14. The molecule has 192 valence electrons. The van der Waals surface area contributed by atoms with Crippen LogP contribution in [0.2, 0.25) is 5.04 Å². The molecule has 2 aromatic rings. The number of benzene rings is 2. The summed E-state index contributed by atoms with van der Waals surface area (Å²) in [5.74, 6) is 2.27. The van der Waals surface area contributed by atoms with Gasteiger partial charge in [0.15, 0.2) is 0 Å². The Labute approximate surface area is 213 Å². The molecule has 0 heterocycles. The van der Waals surface area contributed by atoms with E-state index in [0.29, 0.717) is 26.1 Å². The molecule has 0 atom stereocenters. The highest BCUT2D eigenvalue weighted by atomic mass is 32.2. The van der Waals surface area contributed by atoms with Crippen molar-refractivity contribution in [3.05, 3.63) is 60.7 Å². The van der Waals surface area contributed by atoms with Crippen LogP contribution in [0.1, 0.15) is 47.5 Å². The Morgan fingerprint density at radius 2 is 1.43 bits per heavy atom. The van der Waals surface area contributed by atoms with E-state index < -0.39 is 18.4 Å². The van der Waals surface area contributed by atoms with Gasteiger partial charge in [0.1, 0.15) is 6.61 Å². The number of terminal acetylenes is 1. The van der Waals surface area contributed by atoms with Gasteiger partial charge in [-0.15, -0.1) is 6.42 Å². The second-order valence-electron chi connectivity index (χ2n) is 10.6. The zero-order chi connectivity index (χ0) is 26.0. The second kappa shape index (κ2) is 12.8. The van der Waals surface area contributed by atoms with Crippen LogP contribution in [0.15, 0.2) is 60.7 Å². The maximum Gasteiger partial charge on any atom is 0.267 e. The van der Waals surface area contributed by atoms with Crippen LogP contribution in [0.3, 0.4) is 0 Å². The fraction of sp³-hybridized carbons (Fsp3) is 0.500. The highest BCUT2D eigenvalue weighted by Gasteiger charge is 2.50. The third-order valence-electron chi connectivity index (χ3n) is 6.01. The molecule has 0 saturated carbocycles. The van der Waals surface area contributed by atoms with Crippen LogP contribution in [0.5, 0.6) is 0 Å². The molecule has 0 spiro atoms. The van der Waals surface area contributed by atoms with Gasteiger partial charge >= 0.3 is 0 Å². The predicted octanol–water partition coefficient (Wildman–Crippen LogP) is 4.37. The van der Waals surface area contributed by atoms with Crippen LogP contribution >= 0.6 is 0 Å². The predicted molar refractivity (Wildman–Crippen MR) is 146 cm³/mol. The van der Waals surface area contributed by atoms with E-state index in [1.54, 1.807) is 0 Å². The minimum atomic E-state index is -3.63. The highest BCUT2D eigenvalue weighted by molar-refractivity contribution is 7.86. The summed E-state index contributed by atoms with van der Waals surface area (Å²) in [5.41, 5.74) is -0.377. The lowest BCUT2D eigenvalue weighted by atomic mass is 9.91. The van der Waals surface area contributed by atoms with Crippen molar-refractivity contribution in [3.8, 4) is 12.3 Å². The summed E-state index contributed by atoms with van der Waals surface area (Å²) >= 11 is 0. The lowest BCUT2D eigenvalue weighted by Gasteiger charge is -2.43. The molecular formula is C28H40O5SSi. The summed E-state index contributed by atoms with van der Waals surface area (Å²) in [6, 6.07) is 21.0. The van der Waals surface area contributed by atoms with Gasteiger partial charge in [0.05, 0.1) is 12.4 Å². The largest absolute Gasteiger partial charge is 0.407 e. The maximum atomic E-state index is 12.3. The van der Waals surface area contributed by atoms with Crippen molar-refractivity contribution in [2.24, 2.45) is 5.41 Å². The molecule has 0 radical (unpaired) electrons. The van der Waals surface area contributed by atoms with Crippen molar-refractivity contribution in [1.82, 2.24) is 0 Å². The van der Waals surface area contributed by atoms with E-state index in [1.807, 2.05) is 26.0 Å². The fourth-order valence-electron chi connectivity index (χ4n) is 4.09. The molecule has 0 aliphatic rings. The first-order chi connectivity index (χ1) is 16.4. The number of hydrogen-bond acceptors (Lipinski definition) is 5. The highest BCUT2D eigenvalue weighted by Crippen LogP contribution is 2.37. The molecule has 0 aromatic heterocycles. The van der Waals surface area contributed by atoms with Gasteiger partial charge in [0.2, 0.25) is 0 Å². The smallest absolute Gasteiger partial charge is 0.267 e. The van der Waals surface area contributed by atoms with Gasteiger partial charge in [-0.25, -0.2) is 0 Å². The molecule has 2 aromatic carbocycles. The van der Waals surface area contributed by atoms with Crippen LogP contribution in [-0.2, 0) is 23.5 Å². The van der Waals surface area contributed by atoms with E-state index in [2.05, 4.69) is 75.2 Å². The third kappa shape index (κ3) is 8.59. The zero-order valence-electron chi connectivity index (χ0n) is 21.8. The molecule has 0 aliphatic heterocycles. The van der Waals surface area contributed by atoms with Gasteiger partial charge in [-0.05, 0) is 33.7 Å². The molecule has 5 nitrogen and oxygen atoms in total. The Balaban J connectivity index is 2.10. The quantitative estimate of drug-likeness (QED) is 0.162. The fourth-order valence-corrected chi connectivity index (χ4v) is 9.74. The molecule has 0 unspecified atom stereocenters. The van der Waals surface area contributed by atoms with Crippen molar-refractivity contribution in [1.29, 1.82) is 0 Å². The maximum absolute atomic E-state index is 12.3. The first-order valence-electron chi connectivity index (χ1n) is 12.1. The molecule has 0 fully saturated rings. The molecule has 35 heavy (non-hydrogen) atoms. The molecule has 2 rings (SSSR count). The van der Waals surface area contributed by atoms with Gasteiger partial charge in [0.25, 0.3) is 18.4 Å². The Bertz CT molecular complexity index is 999. The molecule has 0 saturated heterocycles. The van der Waals surface area contributed by atoms with E-state index in [9.17, 15) is 8.42 Å². The first kappa shape index (κ1) is 29.3. The van der Waals surface area contributed by atoms with E-state index in [4.69, 9.17) is 19.8 Å². The van der Waals surface area contributed by atoms with E-state index in [0.717, 1.165) is 0 Å². The van der Waals surface area contributed by atoms with Gasteiger partial charge in [-0.2, -0.15) is 8.42 Å². The minimum absolute atomic E-state index is 0.0911. The SMILES string of the molecule is C#CCOCCCS(=O)(=O)OCC(C)(C)CCO[Si](c1ccccc1)(c1ccccc1)C(C)(C)C. The average Bonchev–Trinajstić information content (AvgIpc) is 2.81. The van der Waals surface area contributed by atoms with Crippen molar-refractivity contribution in [3.63, 3.8) is 0 Å². The molecular weight excluding hydrogens is 476 g/mol. The number of hydrogen-bond donors (Lipinski definition) is 0. The third-order valence-corrected chi connectivity index (χ3v) is 12.3.